The topological polar surface area (TPSA) is 68.2 Å². The lowest BCUT2D eigenvalue weighted by atomic mass is 10.1. The number of anilines is 2. The standard InChI is InChI=1S/C18H18N4O/c1-22(12-4-11-19)14-9-7-13(8-10-14)17-20-16-6-3-2-5-15(16)18(23)21-17/h2-3,5-10,17,20H,4,12H2,1H3,(H,21,23). The predicted molar refractivity (Wildman–Crippen MR) is 90.2 cm³/mol. The summed E-state index contributed by atoms with van der Waals surface area (Å²) in [4.78, 5) is 14.2. The van der Waals surface area contributed by atoms with E-state index in [0.29, 0.717) is 18.5 Å². The first-order valence-electron chi connectivity index (χ1n) is 7.53. The van der Waals surface area contributed by atoms with E-state index in [0.717, 1.165) is 16.9 Å². The van der Waals surface area contributed by atoms with E-state index in [4.69, 9.17) is 5.26 Å². The summed E-state index contributed by atoms with van der Waals surface area (Å²) >= 11 is 0. The SMILES string of the molecule is CN(CCC#N)c1ccc(C2NC(=O)c3ccccc3N2)cc1. The molecule has 0 aromatic heterocycles. The summed E-state index contributed by atoms with van der Waals surface area (Å²) in [6.07, 6.45) is 0.255. The van der Waals surface area contributed by atoms with Crippen LogP contribution >= 0.6 is 0 Å². The Morgan fingerprint density at radius 1 is 1.13 bits per heavy atom. The fraction of sp³-hybridized carbons (Fsp3) is 0.222. The van der Waals surface area contributed by atoms with Gasteiger partial charge in [-0.05, 0) is 29.8 Å². The maximum absolute atomic E-state index is 12.2. The monoisotopic (exact) mass is 306 g/mol. The van der Waals surface area contributed by atoms with Crippen LogP contribution in [0.5, 0.6) is 0 Å². The molecule has 2 aromatic carbocycles. The second-order valence-corrected chi connectivity index (χ2v) is 5.52. The quantitative estimate of drug-likeness (QED) is 0.911. The van der Waals surface area contributed by atoms with Gasteiger partial charge in [0.25, 0.3) is 5.91 Å². The Balaban J connectivity index is 1.76. The van der Waals surface area contributed by atoms with Crippen molar-refractivity contribution in [3.05, 3.63) is 59.7 Å². The van der Waals surface area contributed by atoms with Gasteiger partial charge in [0.1, 0.15) is 6.17 Å². The number of carbonyl (C=O) groups is 1. The van der Waals surface area contributed by atoms with Crippen LogP contribution in [0.3, 0.4) is 0 Å². The Morgan fingerprint density at radius 2 is 1.87 bits per heavy atom. The molecule has 0 saturated carbocycles. The van der Waals surface area contributed by atoms with Crippen molar-refractivity contribution in [3.63, 3.8) is 0 Å². The van der Waals surface area contributed by atoms with Crippen molar-refractivity contribution in [2.24, 2.45) is 0 Å². The summed E-state index contributed by atoms with van der Waals surface area (Å²) in [5, 5.41) is 15.0. The Kier molecular flexibility index (Phi) is 4.15. The largest absolute Gasteiger partial charge is 0.374 e. The number of hydrogen-bond acceptors (Lipinski definition) is 4. The number of benzene rings is 2. The van der Waals surface area contributed by atoms with Gasteiger partial charge >= 0.3 is 0 Å². The van der Waals surface area contributed by atoms with Crippen molar-refractivity contribution in [1.29, 1.82) is 5.26 Å². The molecule has 2 aromatic rings. The minimum absolute atomic E-state index is 0.0698. The van der Waals surface area contributed by atoms with E-state index in [2.05, 4.69) is 16.7 Å². The normalized spacial score (nSPS) is 15.8. The lowest BCUT2D eigenvalue weighted by molar-refractivity contribution is 0.0935. The van der Waals surface area contributed by atoms with Gasteiger partial charge in [-0.25, -0.2) is 0 Å². The molecule has 3 rings (SSSR count). The van der Waals surface area contributed by atoms with Gasteiger partial charge in [0.15, 0.2) is 0 Å². The van der Waals surface area contributed by atoms with Crippen molar-refractivity contribution in [2.75, 3.05) is 23.8 Å². The molecular weight excluding hydrogens is 288 g/mol. The third-order valence-electron chi connectivity index (χ3n) is 3.97. The van der Waals surface area contributed by atoms with E-state index >= 15 is 0 Å². The molecule has 0 aliphatic carbocycles. The second kappa shape index (κ2) is 6.41. The lowest BCUT2D eigenvalue weighted by Gasteiger charge is -2.28. The van der Waals surface area contributed by atoms with Crippen LogP contribution in [0.25, 0.3) is 0 Å². The highest BCUT2D eigenvalue weighted by Crippen LogP contribution is 2.27. The fourth-order valence-corrected chi connectivity index (χ4v) is 2.64. The molecule has 0 saturated heterocycles. The number of nitriles is 1. The van der Waals surface area contributed by atoms with E-state index in [1.165, 1.54) is 0 Å². The highest BCUT2D eigenvalue weighted by Gasteiger charge is 2.23. The van der Waals surface area contributed by atoms with Crippen LogP contribution in [-0.2, 0) is 0 Å². The van der Waals surface area contributed by atoms with E-state index in [1.807, 2.05) is 54.4 Å². The van der Waals surface area contributed by atoms with Crippen molar-refractivity contribution in [1.82, 2.24) is 5.32 Å². The summed E-state index contributed by atoms with van der Waals surface area (Å²) in [6.45, 7) is 0.696. The van der Waals surface area contributed by atoms with Gasteiger partial charge in [-0.2, -0.15) is 5.26 Å². The summed E-state index contributed by atoms with van der Waals surface area (Å²) in [6, 6.07) is 17.6. The Labute approximate surface area is 135 Å². The van der Waals surface area contributed by atoms with Crippen LogP contribution in [0.2, 0.25) is 0 Å². The van der Waals surface area contributed by atoms with E-state index in [9.17, 15) is 4.79 Å². The molecule has 1 unspecified atom stereocenters. The van der Waals surface area contributed by atoms with Gasteiger partial charge in [0.05, 0.1) is 18.1 Å². The zero-order valence-electron chi connectivity index (χ0n) is 12.9. The molecule has 116 valence electrons. The zero-order chi connectivity index (χ0) is 16.2. The predicted octanol–water partition coefficient (Wildman–Crippen LogP) is 2.89. The Hall–Kier alpha value is -3.00. The lowest BCUT2D eigenvalue weighted by Crippen LogP contribution is -2.38. The maximum Gasteiger partial charge on any atom is 0.255 e. The summed E-state index contributed by atoms with van der Waals surface area (Å²) in [5.41, 5.74) is 3.55. The highest BCUT2D eigenvalue weighted by molar-refractivity contribution is 6.01. The number of fused-ring (bicyclic) bond motifs is 1. The minimum Gasteiger partial charge on any atom is -0.374 e. The van der Waals surface area contributed by atoms with Gasteiger partial charge in [-0.1, -0.05) is 24.3 Å². The van der Waals surface area contributed by atoms with Gasteiger partial charge in [-0.15, -0.1) is 0 Å². The van der Waals surface area contributed by atoms with E-state index < -0.39 is 0 Å². The number of carbonyl (C=O) groups excluding carboxylic acids is 1. The fourth-order valence-electron chi connectivity index (χ4n) is 2.64. The van der Waals surface area contributed by atoms with E-state index in [-0.39, 0.29) is 12.1 Å². The first-order chi connectivity index (χ1) is 11.2. The molecule has 0 radical (unpaired) electrons. The van der Waals surface area contributed by atoms with Gasteiger partial charge < -0.3 is 15.5 Å². The molecule has 0 bridgehead atoms. The average molecular weight is 306 g/mol. The summed E-state index contributed by atoms with van der Waals surface area (Å²) in [5.74, 6) is -0.0698. The van der Waals surface area contributed by atoms with Crippen LogP contribution in [-0.4, -0.2) is 19.5 Å². The van der Waals surface area contributed by atoms with Gasteiger partial charge in [-0.3, -0.25) is 4.79 Å². The maximum atomic E-state index is 12.2. The smallest absolute Gasteiger partial charge is 0.255 e. The zero-order valence-corrected chi connectivity index (χ0v) is 12.9. The molecule has 1 aliphatic rings. The van der Waals surface area contributed by atoms with Crippen LogP contribution in [0.1, 0.15) is 28.5 Å². The molecule has 1 amide bonds. The number of nitrogens with one attached hydrogen (secondary N) is 2. The number of hydrogen-bond donors (Lipinski definition) is 2. The van der Waals surface area contributed by atoms with Crippen molar-refractivity contribution in [3.8, 4) is 6.07 Å². The molecular formula is C18H18N4O. The second-order valence-electron chi connectivity index (χ2n) is 5.52. The molecule has 1 heterocycles. The highest BCUT2D eigenvalue weighted by atomic mass is 16.2. The van der Waals surface area contributed by atoms with Crippen LogP contribution in [0.15, 0.2) is 48.5 Å². The third-order valence-corrected chi connectivity index (χ3v) is 3.97. The van der Waals surface area contributed by atoms with Crippen molar-refractivity contribution < 1.29 is 4.79 Å². The Morgan fingerprint density at radius 3 is 2.61 bits per heavy atom. The number of para-hydroxylation sites is 1. The molecule has 23 heavy (non-hydrogen) atoms. The first kappa shape index (κ1) is 14.9. The average Bonchev–Trinajstić information content (AvgIpc) is 2.60. The molecule has 5 nitrogen and oxygen atoms in total. The minimum atomic E-state index is -0.240. The van der Waals surface area contributed by atoms with Crippen LogP contribution in [0, 0.1) is 11.3 Å². The molecule has 2 N–H and O–H groups in total. The number of amides is 1. The number of nitrogens with zero attached hydrogens (tertiary/aromatic N) is 2. The van der Waals surface area contributed by atoms with Gasteiger partial charge in [0.2, 0.25) is 0 Å². The van der Waals surface area contributed by atoms with E-state index in [1.54, 1.807) is 6.07 Å². The van der Waals surface area contributed by atoms with Crippen molar-refractivity contribution >= 4 is 17.3 Å². The number of rotatable bonds is 4. The molecule has 1 atom stereocenters. The third kappa shape index (κ3) is 3.11. The molecule has 0 spiro atoms. The Bertz CT molecular complexity index is 748. The molecule has 5 heteroatoms. The van der Waals surface area contributed by atoms with Crippen LogP contribution in [0.4, 0.5) is 11.4 Å². The molecule has 1 aliphatic heterocycles. The molecule has 0 fully saturated rings. The summed E-state index contributed by atoms with van der Waals surface area (Å²) in [7, 11) is 1.96. The first-order valence-corrected chi connectivity index (χ1v) is 7.53. The van der Waals surface area contributed by atoms with Crippen LogP contribution < -0.4 is 15.5 Å². The van der Waals surface area contributed by atoms with Gasteiger partial charge in [0, 0.05) is 25.0 Å². The van der Waals surface area contributed by atoms with Crippen molar-refractivity contribution in [2.45, 2.75) is 12.6 Å². The summed E-state index contributed by atoms with van der Waals surface area (Å²) < 4.78 is 0.